The Balaban J connectivity index is 2.06. The van der Waals surface area contributed by atoms with E-state index in [1.807, 2.05) is 0 Å². The maximum Gasteiger partial charge on any atom is 0.309 e. The maximum atomic E-state index is 12.3. The van der Waals surface area contributed by atoms with E-state index in [1.54, 1.807) is 7.05 Å². The van der Waals surface area contributed by atoms with Gasteiger partial charge in [-0.1, -0.05) is 6.92 Å². The van der Waals surface area contributed by atoms with E-state index in [4.69, 9.17) is 0 Å². The van der Waals surface area contributed by atoms with Gasteiger partial charge in [-0.15, -0.1) is 0 Å². The van der Waals surface area contributed by atoms with Gasteiger partial charge < -0.3 is 10.4 Å². The van der Waals surface area contributed by atoms with E-state index in [1.165, 1.54) is 0 Å². The molecule has 4 saturated carbocycles. The first-order chi connectivity index (χ1) is 8.33. The van der Waals surface area contributed by atoms with Crippen LogP contribution in [0.5, 0.6) is 0 Å². The predicted octanol–water partition coefficient (Wildman–Crippen LogP) is 1.79. The van der Waals surface area contributed by atoms with Crippen LogP contribution >= 0.6 is 0 Å². The smallest absolute Gasteiger partial charge is 0.309 e. The molecule has 100 valence electrons. The van der Waals surface area contributed by atoms with Gasteiger partial charge in [0.2, 0.25) is 5.91 Å². The zero-order valence-corrected chi connectivity index (χ0v) is 11.1. The van der Waals surface area contributed by atoms with Gasteiger partial charge in [0, 0.05) is 7.05 Å². The molecule has 0 heterocycles. The number of carbonyl (C=O) groups is 2. The summed E-state index contributed by atoms with van der Waals surface area (Å²) in [6, 6.07) is 0. The van der Waals surface area contributed by atoms with Crippen molar-refractivity contribution in [1.82, 2.24) is 5.32 Å². The van der Waals surface area contributed by atoms with Crippen molar-refractivity contribution >= 4 is 11.9 Å². The highest BCUT2D eigenvalue weighted by molar-refractivity contribution is 5.85. The van der Waals surface area contributed by atoms with Crippen LogP contribution in [0.15, 0.2) is 0 Å². The molecule has 4 heteroatoms. The average molecular weight is 251 g/mol. The fraction of sp³-hybridized carbons (Fsp3) is 0.857. The molecule has 0 aromatic carbocycles. The van der Waals surface area contributed by atoms with Crippen LogP contribution in [-0.2, 0) is 9.59 Å². The highest BCUT2D eigenvalue weighted by atomic mass is 16.4. The van der Waals surface area contributed by atoms with Crippen molar-refractivity contribution in [2.45, 2.75) is 45.4 Å². The third kappa shape index (κ3) is 1.38. The molecule has 4 aliphatic rings. The Morgan fingerprint density at radius 1 is 1.11 bits per heavy atom. The van der Waals surface area contributed by atoms with E-state index >= 15 is 0 Å². The second kappa shape index (κ2) is 3.28. The Morgan fingerprint density at radius 3 is 2.28 bits per heavy atom. The zero-order valence-electron chi connectivity index (χ0n) is 11.1. The molecule has 0 spiro atoms. The second-order valence-corrected chi connectivity index (χ2v) is 7.26. The SMILES string of the molecule is CNC(=O)C12CC3CC(C)(CC(C(=O)O)(C3)C1)C2. The van der Waals surface area contributed by atoms with Gasteiger partial charge in [0.05, 0.1) is 10.8 Å². The summed E-state index contributed by atoms with van der Waals surface area (Å²) >= 11 is 0. The van der Waals surface area contributed by atoms with Gasteiger partial charge in [-0.25, -0.2) is 0 Å². The minimum atomic E-state index is -0.689. The molecule has 4 unspecified atom stereocenters. The molecule has 4 nitrogen and oxygen atoms in total. The summed E-state index contributed by atoms with van der Waals surface area (Å²) in [5.74, 6) is -0.214. The number of rotatable bonds is 2. The van der Waals surface area contributed by atoms with Crippen LogP contribution in [0.2, 0.25) is 0 Å². The topological polar surface area (TPSA) is 66.4 Å². The van der Waals surface area contributed by atoms with Crippen molar-refractivity contribution in [3.8, 4) is 0 Å². The molecule has 4 bridgehead atoms. The molecule has 4 aliphatic carbocycles. The lowest BCUT2D eigenvalue weighted by Gasteiger charge is -2.63. The summed E-state index contributed by atoms with van der Waals surface area (Å²) in [5.41, 5.74) is -1.01. The van der Waals surface area contributed by atoms with Crippen LogP contribution in [0, 0.1) is 22.2 Å². The first-order valence-electron chi connectivity index (χ1n) is 6.79. The van der Waals surface area contributed by atoms with E-state index in [0.717, 1.165) is 32.1 Å². The molecular formula is C14H21NO3. The average Bonchev–Trinajstić information content (AvgIpc) is 2.24. The Bertz CT molecular complexity index is 435. The number of aliphatic carboxylic acids is 1. The minimum Gasteiger partial charge on any atom is -0.481 e. The Labute approximate surface area is 107 Å². The fourth-order valence-corrected chi connectivity index (χ4v) is 5.68. The van der Waals surface area contributed by atoms with Crippen LogP contribution in [0.1, 0.15) is 45.4 Å². The third-order valence-electron chi connectivity index (χ3n) is 5.51. The predicted molar refractivity (Wildman–Crippen MR) is 65.9 cm³/mol. The molecular weight excluding hydrogens is 230 g/mol. The van der Waals surface area contributed by atoms with Gasteiger partial charge in [-0.05, 0) is 49.9 Å². The van der Waals surface area contributed by atoms with Crippen LogP contribution < -0.4 is 5.32 Å². The van der Waals surface area contributed by atoms with E-state index in [0.29, 0.717) is 12.3 Å². The molecule has 2 N–H and O–H groups in total. The number of amides is 1. The van der Waals surface area contributed by atoms with E-state index in [2.05, 4.69) is 12.2 Å². The third-order valence-corrected chi connectivity index (χ3v) is 5.51. The number of carboxylic acid groups (broad SMARTS) is 1. The first kappa shape index (κ1) is 12.0. The molecule has 4 fully saturated rings. The summed E-state index contributed by atoms with van der Waals surface area (Å²) < 4.78 is 0. The normalized spacial score (nSPS) is 49.1. The van der Waals surface area contributed by atoms with Crippen LogP contribution in [0.3, 0.4) is 0 Å². The number of carbonyl (C=O) groups excluding carboxylic acids is 1. The summed E-state index contributed by atoms with van der Waals surface area (Å²) in [7, 11) is 1.66. The molecule has 0 aromatic heterocycles. The van der Waals surface area contributed by atoms with E-state index in [9.17, 15) is 14.7 Å². The Kier molecular flexibility index (Phi) is 2.19. The van der Waals surface area contributed by atoms with Crippen LogP contribution in [0.25, 0.3) is 0 Å². The molecule has 4 rings (SSSR count). The number of hydrogen-bond donors (Lipinski definition) is 2. The monoisotopic (exact) mass is 251 g/mol. The minimum absolute atomic E-state index is 0.0459. The van der Waals surface area contributed by atoms with Crippen molar-refractivity contribution < 1.29 is 14.7 Å². The molecule has 4 atom stereocenters. The largest absolute Gasteiger partial charge is 0.481 e. The van der Waals surface area contributed by atoms with Gasteiger partial charge in [-0.2, -0.15) is 0 Å². The maximum absolute atomic E-state index is 12.3. The fourth-order valence-electron chi connectivity index (χ4n) is 5.68. The Hall–Kier alpha value is -1.06. The highest BCUT2D eigenvalue weighted by Crippen LogP contribution is 2.69. The standard InChI is InChI=1S/C14H21NO3/c1-12-3-9-4-13(6-12,10(16)15-2)8-14(5-9,7-12)11(17)18/h9H,3-8H2,1-2H3,(H,15,16)(H,17,18). The quantitative estimate of drug-likeness (QED) is 0.786. The first-order valence-corrected chi connectivity index (χ1v) is 6.79. The lowest BCUT2D eigenvalue weighted by Crippen LogP contribution is -2.62. The van der Waals surface area contributed by atoms with Crippen molar-refractivity contribution in [1.29, 1.82) is 0 Å². The van der Waals surface area contributed by atoms with Crippen LogP contribution in [-0.4, -0.2) is 24.0 Å². The summed E-state index contributed by atoms with van der Waals surface area (Å²) in [4.78, 5) is 24.0. The second-order valence-electron chi connectivity index (χ2n) is 7.26. The summed E-state index contributed by atoms with van der Waals surface area (Å²) in [6.45, 7) is 2.17. The lowest BCUT2D eigenvalue weighted by atomic mass is 9.39. The highest BCUT2D eigenvalue weighted by Gasteiger charge is 2.66. The molecule has 0 aliphatic heterocycles. The number of nitrogens with one attached hydrogen (secondary N) is 1. The van der Waals surface area contributed by atoms with Crippen LogP contribution in [0.4, 0.5) is 0 Å². The summed E-state index contributed by atoms with van der Waals surface area (Å²) in [6.07, 6.45) is 4.92. The Morgan fingerprint density at radius 2 is 1.72 bits per heavy atom. The van der Waals surface area contributed by atoms with Crippen molar-refractivity contribution in [2.24, 2.45) is 22.2 Å². The molecule has 0 aromatic rings. The molecule has 0 radical (unpaired) electrons. The zero-order chi connectivity index (χ0) is 13.2. The molecule has 0 saturated heterocycles. The van der Waals surface area contributed by atoms with E-state index < -0.39 is 16.8 Å². The lowest BCUT2D eigenvalue weighted by molar-refractivity contribution is -0.191. The van der Waals surface area contributed by atoms with Gasteiger partial charge in [-0.3, -0.25) is 9.59 Å². The number of carboxylic acids is 1. The van der Waals surface area contributed by atoms with Crippen molar-refractivity contribution in [3.63, 3.8) is 0 Å². The van der Waals surface area contributed by atoms with Gasteiger partial charge >= 0.3 is 5.97 Å². The van der Waals surface area contributed by atoms with Crippen molar-refractivity contribution in [3.05, 3.63) is 0 Å². The number of hydrogen-bond acceptors (Lipinski definition) is 2. The van der Waals surface area contributed by atoms with Crippen molar-refractivity contribution in [2.75, 3.05) is 7.05 Å². The molecule has 1 amide bonds. The van der Waals surface area contributed by atoms with Gasteiger partial charge in [0.1, 0.15) is 0 Å². The molecule has 18 heavy (non-hydrogen) atoms. The van der Waals surface area contributed by atoms with E-state index in [-0.39, 0.29) is 11.3 Å². The van der Waals surface area contributed by atoms with Gasteiger partial charge in [0.15, 0.2) is 0 Å². The van der Waals surface area contributed by atoms with Gasteiger partial charge in [0.25, 0.3) is 0 Å². The summed E-state index contributed by atoms with van der Waals surface area (Å²) in [5, 5.41) is 12.4.